The summed E-state index contributed by atoms with van der Waals surface area (Å²) in [5.41, 5.74) is 0. The molecule has 0 aliphatic heterocycles. The van der Waals surface area contributed by atoms with E-state index in [4.69, 9.17) is 4.42 Å². The third-order valence-corrected chi connectivity index (χ3v) is 3.88. The Labute approximate surface area is 110 Å². The van der Waals surface area contributed by atoms with Gasteiger partial charge in [0.05, 0.1) is 12.6 Å². The topological polar surface area (TPSA) is 97.4 Å². The zero-order valence-corrected chi connectivity index (χ0v) is 11.2. The van der Waals surface area contributed by atoms with E-state index in [1.165, 1.54) is 18.8 Å². The first-order valence-electron chi connectivity index (χ1n) is 5.68. The lowest BCUT2D eigenvalue weighted by Crippen LogP contribution is -2.26. The summed E-state index contributed by atoms with van der Waals surface area (Å²) in [7, 11) is -1.94. The zero-order chi connectivity index (χ0) is 13.9. The molecule has 2 rings (SSSR count). The molecule has 2 aromatic heterocycles. The van der Waals surface area contributed by atoms with Crippen molar-refractivity contribution in [3.8, 4) is 0 Å². The van der Waals surface area contributed by atoms with E-state index in [2.05, 4.69) is 9.71 Å². The number of sulfonamides is 1. The van der Waals surface area contributed by atoms with Gasteiger partial charge in [-0.15, -0.1) is 0 Å². The Hall–Kier alpha value is -1.64. The molecule has 0 aliphatic rings. The number of aromatic nitrogens is 2. The molecule has 2 N–H and O–H groups in total. The van der Waals surface area contributed by atoms with Gasteiger partial charge < -0.3 is 14.1 Å². The fourth-order valence-corrected chi connectivity index (χ4v) is 2.58. The van der Waals surface area contributed by atoms with Gasteiger partial charge in [-0.3, -0.25) is 0 Å². The molecule has 0 amide bonds. The van der Waals surface area contributed by atoms with Crippen molar-refractivity contribution in [3.05, 3.63) is 36.7 Å². The third-order valence-electron chi connectivity index (χ3n) is 2.54. The van der Waals surface area contributed by atoms with Crippen LogP contribution >= 0.6 is 0 Å². The van der Waals surface area contributed by atoms with E-state index >= 15 is 0 Å². The highest BCUT2D eigenvalue weighted by Gasteiger charge is 2.17. The highest BCUT2D eigenvalue weighted by atomic mass is 32.2. The Morgan fingerprint density at radius 1 is 1.58 bits per heavy atom. The maximum absolute atomic E-state index is 11.8. The molecule has 19 heavy (non-hydrogen) atoms. The van der Waals surface area contributed by atoms with Crippen LogP contribution in [0.5, 0.6) is 0 Å². The summed E-state index contributed by atoms with van der Waals surface area (Å²) in [6.07, 6.45) is 3.66. The van der Waals surface area contributed by atoms with Crippen LogP contribution in [0.4, 0.5) is 0 Å². The van der Waals surface area contributed by atoms with Gasteiger partial charge in [0, 0.05) is 19.8 Å². The van der Waals surface area contributed by atoms with Crippen molar-refractivity contribution in [2.45, 2.75) is 17.6 Å². The largest absolute Gasteiger partial charge is 0.467 e. The van der Waals surface area contributed by atoms with Crippen LogP contribution in [0.25, 0.3) is 0 Å². The Morgan fingerprint density at radius 2 is 2.37 bits per heavy atom. The van der Waals surface area contributed by atoms with Gasteiger partial charge in [0.1, 0.15) is 11.9 Å². The van der Waals surface area contributed by atoms with Crippen LogP contribution in [0, 0.1) is 0 Å². The summed E-state index contributed by atoms with van der Waals surface area (Å²) in [6, 6.07) is 3.30. The SMILES string of the molecule is Cn1cnc(S(=O)(=O)NCC[C@@H](O)c2ccco2)c1. The van der Waals surface area contributed by atoms with Crippen LogP contribution in [0.2, 0.25) is 0 Å². The Bertz CT molecular complexity index is 618. The summed E-state index contributed by atoms with van der Waals surface area (Å²) in [6.45, 7) is 0.0980. The summed E-state index contributed by atoms with van der Waals surface area (Å²) < 4.78 is 32.6. The molecular formula is C11H15N3O4S. The zero-order valence-electron chi connectivity index (χ0n) is 10.4. The lowest BCUT2D eigenvalue weighted by atomic mass is 10.2. The molecular weight excluding hydrogens is 270 g/mol. The standard InChI is InChI=1S/C11H15N3O4S/c1-14-7-11(12-8-14)19(16,17)13-5-4-9(15)10-3-2-6-18-10/h2-3,6-9,13,15H,4-5H2,1H3/t9-/m1/s1. The number of hydrogen-bond acceptors (Lipinski definition) is 5. The van der Waals surface area contributed by atoms with Gasteiger partial charge in [-0.05, 0) is 18.6 Å². The van der Waals surface area contributed by atoms with E-state index in [0.29, 0.717) is 5.76 Å². The number of imidazole rings is 1. The number of aliphatic hydroxyl groups excluding tert-OH is 1. The molecule has 0 spiro atoms. The molecule has 2 heterocycles. The van der Waals surface area contributed by atoms with Gasteiger partial charge in [0.15, 0.2) is 5.03 Å². The maximum Gasteiger partial charge on any atom is 0.259 e. The van der Waals surface area contributed by atoms with E-state index in [1.54, 1.807) is 23.7 Å². The predicted octanol–water partition coefficient (Wildman–Crippen LogP) is 0.415. The van der Waals surface area contributed by atoms with Crippen molar-refractivity contribution >= 4 is 10.0 Å². The number of aliphatic hydroxyl groups is 1. The van der Waals surface area contributed by atoms with Crippen LogP contribution in [0.3, 0.4) is 0 Å². The van der Waals surface area contributed by atoms with Crippen LogP contribution in [-0.2, 0) is 17.1 Å². The lowest BCUT2D eigenvalue weighted by Gasteiger charge is -2.08. The first-order valence-corrected chi connectivity index (χ1v) is 7.16. The minimum Gasteiger partial charge on any atom is -0.467 e. The number of hydrogen-bond donors (Lipinski definition) is 2. The van der Waals surface area contributed by atoms with Crippen molar-refractivity contribution in [2.24, 2.45) is 7.05 Å². The van der Waals surface area contributed by atoms with Crippen LogP contribution in [-0.4, -0.2) is 29.6 Å². The van der Waals surface area contributed by atoms with E-state index in [-0.39, 0.29) is 18.0 Å². The van der Waals surface area contributed by atoms with E-state index in [0.717, 1.165) is 0 Å². The summed E-state index contributed by atoms with van der Waals surface area (Å²) >= 11 is 0. The average molecular weight is 285 g/mol. The molecule has 8 heteroatoms. The fraction of sp³-hybridized carbons (Fsp3) is 0.364. The van der Waals surface area contributed by atoms with E-state index in [1.807, 2.05) is 0 Å². The molecule has 0 saturated heterocycles. The molecule has 1 atom stereocenters. The van der Waals surface area contributed by atoms with Crippen LogP contribution in [0.15, 0.2) is 40.4 Å². The second-order valence-corrected chi connectivity index (χ2v) is 5.81. The van der Waals surface area contributed by atoms with Gasteiger partial charge in [0.2, 0.25) is 0 Å². The van der Waals surface area contributed by atoms with E-state index in [9.17, 15) is 13.5 Å². The lowest BCUT2D eigenvalue weighted by molar-refractivity contribution is 0.141. The van der Waals surface area contributed by atoms with Crippen molar-refractivity contribution in [2.75, 3.05) is 6.54 Å². The maximum atomic E-state index is 11.8. The van der Waals surface area contributed by atoms with Gasteiger partial charge in [-0.25, -0.2) is 18.1 Å². The molecule has 0 saturated carbocycles. The fourth-order valence-electron chi connectivity index (χ4n) is 1.55. The summed E-state index contributed by atoms with van der Waals surface area (Å²) in [4.78, 5) is 3.77. The minimum atomic E-state index is -3.63. The Morgan fingerprint density at radius 3 is 2.95 bits per heavy atom. The van der Waals surface area contributed by atoms with E-state index < -0.39 is 16.1 Å². The smallest absolute Gasteiger partial charge is 0.259 e. The van der Waals surface area contributed by atoms with Crippen molar-refractivity contribution in [3.63, 3.8) is 0 Å². The first kappa shape index (κ1) is 13.8. The Balaban J connectivity index is 1.89. The second kappa shape index (κ2) is 5.55. The molecule has 104 valence electrons. The van der Waals surface area contributed by atoms with Crippen molar-refractivity contribution in [1.29, 1.82) is 0 Å². The number of furan rings is 1. The first-order chi connectivity index (χ1) is 8.99. The number of nitrogens with zero attached hydrogens (tertiary/aromatic N) is 2. The minimum absolute atomic E-state index is 0.0394. The monoisotopic (exact) mass is 285 g/mol. The molecule has 0 aromatic carbocycles. The molecule has 0 aliphatic carbocycles. The van der Waals surface area contributed by atoms with Crippen molar-refractivity contribution < 1.29 is 17.9 Å². The molecule has 0 unspecified atom stereocenters. The normalized spacial score (nSPS) is 13.6. The highest BCUT2D eigenvalue weighted by Crippen LogP contribution is 2.16. The highest BCUT2D eigenvalue weighted by molar-refractivity contribution is 7.89. The molecule has 0 bridgehead atoms. The summed E-state index contributed by atoms with van der Waals surface area (Å²) in [5, 5.41) is 9.69. The number of rotatable bonds is 6. The average Bonchev–Trinajstić information content (AvgIpc) is 2.99. The predicted molar refractivity (Wildman–Crippen MR) is 66.7 cm³/mol. The quantitative estimate of drug-likeness (QED) is 0.801. The third kappa shape index (κ3) is 3.43. The van der Waals surface area contributed by atoms with Gasteiger partial charge >= 0.3 is 0 Å². The second-order valence-electron chi connectivity index (χ2n) is 4.10. The van der Waals surface area contributed by atoms with Crippen LogP contribution in [0.1, 0.15) is 18.3 Å². The molecule has 2 aromatic rings. The van der Waals surface area contributed by atoms with Crippen molar-refractivity contribution in [1.82, 2.24) is 14.3 Å². The number of nitrogens with one attached hydrogen (secondary N) is 1. The molecule has 7 nitrogen and oxygen atoms in total. The van der Waals surface area contributed by atoms with Gasteiger partial charge in [-0.1, -0.05) is 0 Å². The van der Waals surface area contributed by atoms with Crippen LogP contribution < -0.4 is 4.72 Å². The Kier molecular flexibility index (Phi) is 4.03. The van der Waals surface area contributed by atoms with Gasteiger partial charge in [-0.2, -0.15) is 0 Å². The van der Waals surface area contributed by atoms with Gasteiger partial charge in [0.25, 0.3) is 10.0 Å². The molecule has 0 fully saturated rings. The number of aryl methyl sites for hydroxylation is 1. The molecule has 0 radical (unpaired) electrons. The summed E-state index contributed by atoms with van der Waals surface area (Å²) in [5.74, 6) is 0.414.